The van der Waals surface area contributed by atoms with Crippen molar-refractivity contribution in [2.24, 2.45) is 5.73 Å². The summed E-state index contributed by atoms with van der Waals surface area (Å²) in [6.45, 7) is 2.74. The average molecular weight is 231 g/mol. The van der Waals surface area contributed by atoms with E-state index < -0.39 is 0 Å². The van der Waals surface area contributed by atoms with E-state index in [2.05, 4.69) is 9.88 Å². The number of pyridine rings is 1. The maximum Gasteiger partial charge on any atom is 0.128 e. The molecule has 4 nitrogen and oxygen atoms in total. The summed E-state index contributed by atoms with van der Waals surface area (Å²) in [6.07, 6.45) is 5.21. The predicted molar refractivity (Wildman–Crippen MR) is 67.7 cm³/mol. The molecule has 0 aromatic carbocycles. The summed E-state index contributed by atoms with van der Waals surface area (Å²) >= 11 is 0. The molecule has 17 heavy (non-hydrogen) atoms. The Hall–Kier alpha value is -1.81. The SMILES string of the molecule is C[C@@H](N)c1ccnc(N(C)Cc2ccoc2)c1. The molecular formula is C13H17N3O. The molecule has 0 aliphatic heterocycles. The minimum absolute atomic E-state index is 0.0269. The molecule has 2 heterocycles. The van der Waals surface area contributed by atoms with Crippen molar-refractivity contribution in [3.05, 3.63) is 48.0 Å². The first kappa shape index (κ1) is 11.7. The Bertz CT molecular complexity index is 465. The van der Waals surface area contributed by atoms with Gasteiger partial charge in [-0.25, -0.2) is 4.98 Å². The van der Waals surface area contributed by atoms with Crippen LogP contribution in [-0.4, -0.2) is 12.0 Å². The molecular weight excluding hydrogens is 214 g/mol. The average Bonchev–Trinajstić information content (AvgIpc) is 2.82. The molecule has 2 aromatic heterocycles. The summed E-state index contributed by atoms with van der Waals surface area (Å²) in [5, 5.41) is 0. The highest BCUT2D eigenvalue weighted by molar-refractivity contribution is 5.41. The first-order valence-corrected chi connectivity index (χ1v) is 5.60. The van der Waals surface area contributed by atoms with Gasteiger partial charge in [0.05, 0.1) is 12.5 Å². The lowest BCUT2D eigenvalue weighted by atomic mass is 10.1. The predicted octanol–water partition coefficient (Wildman–Crippen LogP) is 2.33. The molecule has 2 rings (SSSR count). The molecule has 0 saturated heterocycles. The van der Waals surface area contributed by atoms with E-state index in [1.807, 2.05) is 32.2 Å². The number of aromatic nitrogens is 1. The molecule has 0 amide bonds. The minimum Gasteiger partial charge on any atom is -0.472 e. The van der Waals surface area contributed by atoms with E-state index >= 15 is 0 Å². The van der Waals surface area contributed by atoms with Gasteiger partial charge in [-0.05, 0) is 30.7 Å². The van der Waals surface area contributed by atoms with Crippen LogP contribution < -0.4 is 10.6 Å². The van der Waals surface area contributed by atoms with Crippen LogP contribution in [0.3, 0.4) is 0 Å². The summed E-state index contributed by atoms with van der Waals surface area (Å²) < 4.78 is 5.05. The highest BCUT2D eigenvalue weighted by Crippen LogP contribution is 2.17. The second-order valence-electron chi connectivity index (χ2n) is 4.22. The van der Waals surface area contributed by atoms with Crippen LogP contribution >= 0.6 is 0 Å². The van der Waals surface area contributed by atoms with Gasteiger partial charge in [0.25, 0.3) is 0 Å². The van der Waals surface area contributed by atoms with Crippen LogP contribution in [-0.2, 0) is 6.54 Å². The lowest BCUT2D eigenvalue weighted by Gasteiger charge is -2.18. The lowest BCUT2D eigenvalue weighted by molar-refractivity contribution is 0.563. The molecule has 0 radical (unpaired) electrons. The second kappa shape index (κ2) is 5.01. The van der Waals surface area contributed by atoms with Crippen LogP contribution in [0.25, 0.3) is 0 Å². The smallest absolute Gasteiger partial charge is 0.128 e. The van der Waals surface area contributed by atoms with E-state index in [1.165, 1.54) is 0 Å². The molecule has 2 N–H and O–H groups in total. The molecule has 0 bridgehead atoms. The second-order valence-corrected chi connectivity index (χ2v) is 4.22. The van der Waals surface area contributed by atoms with Gasteiger partial charge < -0.3 is 15.1 Å². The molecule has 0 saturated carbocycles. The summed E-state index contributed by atoms with van der Waals surface area (Å²) in [7, 11) is 2.00. The normalized spacial score (nSPS) is 12.4. The van der Waals surface area contributed by atoms with Crippen molar-refractivity contribution in [1.29, 1.82) is 0 Å². The maximum atomic E-state index is 5.86. The molecule has 2 aromatic rings. The van der Waals surface area contributed by atoms with Gasteiger partial charge in [0, 0.05) is 31.4 Å². The molecule has 0 aliphatic carbocycles. The first-order valence-electron chi connectivity index (χ1n) is 5.60. The van der Waals surface area contributed by atoms with Crippen LogP contribution in [0.15, 0.2) is 41.3 Å². The molecule has 4 heteroatoms. The van der Waals surface area contributed by atoms with Crippen LogP contribution in [0.5, 0.6) is 0 Å². The third-order valence-corrected chi connectivity index (χ3v) is 2.69. The highest BCUT2D eigenvalue weighted by Gasteiger charge is 2.07. The monoisotopic (exact) mass is 231 g/mol. The highest BCUT2D eigenvalue weighted by atomic mass is 16.3. The number of rotatable bonds is 4. The van der Waals surface area contributed by atoms with Gasteiger partial charge in [-0.15, -0.1) is 0 Å². The van der Waals surface area contributed by atoms with Crippen molar-refractivity contribution in [2.75, 3.05) is 11.9 Å². The largest absolute Gasteiger partial charge is 0.472 e. The Kier molecular flexibility index (Phi) is 3.44. The Morgan fingerprint density at radius 1 is 1.47 bits per heavy atom. The first-order chi connectivity index (χ1) is 8.16. The number of nitrogens with two attached hydrogens (primary N) is 1. The summed E-state index contributed by atoms with van der Waals surface area (Å²) in [4.78, 5) is 6.41. The van der Waals surface area contributed by atoms with E-state index in [4.69, 9.17) is 10.2 Å². The van der Waals surface area contributed by atoms with Crippen LogP contribution in [0.1, 0.15) is 24.1 Å². The lowest BCUT2D eigenvalue weighted by Crippen LogP contribution is -2.18. The number of hydrogen-bond acceptors (Lipinski definition) is 4. The van der Waals surface area contributed by atoms with Crippen molar-refractivity contribution in [3.8, 4) is 0 Å². The standard InChI is InChI=1S/C13H17N3O/c1-10(14)12-3-5-15-13(7-12)16(2)8-11-4-6-17-9-11/h3-7,9-10H,8,14H2,1-2H3/t10-/m1/s1. The molecule has 1 atom stereocenters. The fraction of sp³-hybridized carbons (Fsp3) is 0.308. The molecule has 90 valence electrons. The molecule has 0 aliphatic rings. The molecule has 0 unspecified atom stereocenters. The number of furan rings is 1. The Labute approximate surface area is 101 Å². The Balaban J connectivity index is 2.13. The van der Waals surface area contributed by atoms with E-state index in [0.29, 0.717) is 0 Å². The van der Waals surface area contributed by atoms with Crippen molar-refractivity contribution < 1.29 is 4.42 Å². The van der Waals surface area contributed by atoms with Gasteiger partial charge in [0.2, 0.25) is 0 Å². The van der Waals surface area contributed by atoms with E-state index in [0.717, 1.165) is 23.5 Å². The van der Waals surface area contributed by atoms with E-state index in [1.54, 1.807) is 18.7 Å². The van der Waals surface area contributed by atoms with Crippen LogP contribution in [0.2, 0.25) is 0 Å². The third-order valence-electron chi connectivity index (χ3n) is 2.69. The number of nitrogens with zero attached hydrogens (tertiary/aromatic N) is 2. The fourth-order valence-corrected chi connectivity index (χ4v) is 1.66. The van der Waals surface area contributed by atoms with Gasteiger partial charge in [-0.2, -0.15) is 0 Å². The zero-order chi connectivity index (χ0) is 12.3. The quantitative estimate of drug-likeness (QED) is 0.877. The van der Waals surface area contributed by atoms with Crippen molar-refractivity contribution in [1.82, 2.24) is 4.98 Å². The van der Waals surface area contributed by atoms with E-state index in [-0.39, 0.29) is 6.04 Å². The van der Waals surface area contributed by atoms with Crippen molar-refractivity contribution in [3.63, 3.8) is 0 Å². The molecule has 0 fully saturated rings. The topological polar surface area (TPSA) is 55.3 Å². The zero-order valence-electron chi connectivity index (χ0n) is 10.1. The number of anilines is 1. The van der Waals surface area contributed by atoms with Crippen molar-refractivity contribution in [2.45, 2.75) is 19.5 Å². The Morgan fingerprint density at radius 3 is 2.94 bits per heavy atom. The van der Waals surface area contributed by atoms with Crippen LogP contribution in [0, 0.1) is 0 Å². The van der Waals surface area contributed by atoms with Gasteiger partial charge in [0.15, 0.2) is 0 Å². The Morgan fingerprint density at radius 2 is 2.29 bits per heavy atom. The summed E-state index contributed by atoms with van der Waals surface area (Å²) in [5.74, 6) is 0.918. The molecule has 0 spiro atoms. The number of hydrogen-bond donors (Lipinski definition) is 1. The van der Waals surface area contributed by atoms with Gasteiger partial charge >= 0.3 is 0 Å². The van der Waals surface area contributed by atoms with Gasteiger partial charge in [0.1, 0.15) is 5.82 Å². The third kappa shape index (κ3) is 2.85. The maximum absolute atomic E-state index is 5.86. The minimum atomic E-state index is 0.0269. The van der Waals surface area contributed by atoms with Crippen LogP contribution in [0.4, 0.5) is 5.82 Å². The van der Waals surface area contributed by atoms with Gasteiger partial charge in [-0.1, -0.05) is 0 Å². The summed E-state index contributed by atoms with van der Waals surface area (Å²) in [6, 6.07) is 5.94. The zero-order valence-corrected chi connectivity index (χ0v) is 10.1. The van der Waals surface area contributed by atoms with Gasteiger partial charge in [-0.3, -0.25) is 0 Å². The van der Waals surface area contributed by atoms with E-state index in [9.17, 15) is 0 Å². The van der Waals surface area contributed by atoms with Crippen molar-refractivity contribution >= 4 is 5.82 Å². The fourth-order valence-electron chi connectivity index (χ4n) is 1.66. The summed E-state index contributed by atoms with van der Waals surface area (Å²) in [5.41, 5.74) is 8.07.